The molecule has 0 aliphatic carbocycles. The Morgan fingerprint density at radius 1 is 1.39 bits per heavy atom. The second-order valence-corrected chi connectivity index (χ2v) is 3.65. The molecular formula is C11H13N3O4. The molecule has 18 heavy (non-hydrogen) atoms. The van der Waals surface area contributed by atoms with Crippen LogP contribution in [0.1, 0.15) is 24.3 Å². The van der Waals surface area contributed by atoms with Crippen molar-refractivity contribution in [1.82, 2.24) is 10.3 Å². The van der Waals surface area contributed by atoms with Gasteiger partial charge in [-0.3, -0.25) is 9.59 Å². The molecule has 1 aromatic rings. The van der Waals surface area contributed by atoms with Gasteiger partial charge in [-0.1, -0.05) is 0 Å². The number of carboxylic acids is 1. The molecule has 7 heteroatoms. The van der Waals surface area contributed by atoms with Crippen LogP contribution in [0.3, 0.4) is 0 Å². The summed E-state index contributed by atoms with van der Waals surface area (Å²) in [7, 11) is 0. The van der Waals surface area contributed by atoms with Crippen molar-refractivity contribution in [1.29, 1.82) is 0 Å². The van der Waals surface area contributed by atoms with Crippen LogP contribution >= 0.6 is 0 Å². The van der Waals surface area contributed by atoms with E-state index in [1.807, 2.05) is 0 Å². The first-order chi connectivity index (χ1) is 8.40. The number of hydrogen-bond acceptors (Lipinski definition) is 4. The molecule has 0 aliphatic heterocycles. The van der Waals surface area contributed by atoms with Gasteiger partial charge in [0.2, 0.25) is 11.8 Å². The summed E-state index contributed by atoms with van der Waals surface area (Å²) in [6, 6.07) is 2.00. The molecule has 0 fully saturated rings. The van der Waals surface area contributed by atoms with Gasteiger partial charge in [0.05, 0.1) is 0 Å². The molecule has 96 valence electrons. The highest BCUT2D eigenvalue weighted by Crippen LogP contribution is 2.08. The zero-order valence-electron chi connectivity index (χ0n) is 9.93. The van der Waals surface area contributed by atoms with E-state index < -0.39 is 17.9 Å². The van der Waals surface area contributed by atoms with Crippen LogP contribution in [0.2, 0.25) is 0 Å². The molecule has 0 saturated heterocycles. The first-order valence-corrected chi connectivity index (χ1v) is 5.17. The van der Waals surface area contributed by atoms with Crippen LogP contribution in [0.5, 0.6) is 0 Å². The fourth-order valence-corrected chi connectivity index (χ4v) is 1.25. The Morgan fingerprint density at radius 2 is 2.06 bits per heavy atom. The van der Waals surface area contributed by atoms with E-state index in [1.165, 1.54) is 32.2 Å². The number of aromatic carboxylic acids is 1. The molecule has 7 nitrogen and oxygen atoms in total. The molecule has 1 unspecified atom stereocenters. The van der Waals surface area contributed by atoms with Crippen LogP contribution in [0.15, 0.2) is 18.3 Å². The van der Waals surface area contributed by atoms with Crippen LogP contribution in [-0.2, 0) is 9.59 Å². The van der Waals surface area contributed by atoms with Gasteiger partial charge in [0.15, 0.2) is 0 Å². The van der Waals surface area contributed by atoms with Gasteiger partial charge >= 0.3 is 5.97 Å². The quantitative estimate of drug-likeness (QED) is 0.710. The van der Waals surface area contributed by atoms with Crippen molar-refractivity contribution in [2.75, 3.05) is 5.32 Å². The van der Waals surface area contributed by atoms with Crippen molar-refractivity contribution >= 4 is 23.5 Å². The van der Waals surface area contributed by atoms with Crippen molar-refractivity contribution in [2.45, 2.75) is 19.9 Å². The monoisotopic (exact) mass is 251 g/mol. The second-order valence-electron chi connectivity index (χ2n) is 3.65. The lowest BCUT2D eigenvalue weighted by Crippen LogP contribution is -2.40. The number of carboxylic acid groups (broad SMARTS) is 1. The maximum absolute atomic E-state index is 11.6. The number of amides is 2. The molecule has 0 saturated carbocycles. The predicted octanol–water partition coefficient (Wildman–Crippen LogP) is 0.243. The third kappa shape index (κ3) is 3.85. The minimum Gasteiger partial charge on any atom is -0.477 e. The van der Waals surface area contributed by atoms with E-state index in [0.717, 1.165) is 0 Å². The van der Waals surface area contributed by atoms with Gasteiger partial charge in [-0.05, 0) is 19.1 Å². The molecule has 2 amide bonds. The van der Waals surface area contributed by atoms with Crippen LogP contribution in [0.4, 0.5) is 5.69 Å². The Bertz CT molecular complexity index is 487. The highest BCUT2D eigenvalue weighted by Gasteiger charge is 2.14. The molecule has 0 aromatic carbocycles. The third-order valence-corrected chi connectivity index (χ3v) is 2.06. The Hall–Kier alpha value is -2.44. The largest absolute Gasteiger partial charge is 0.477 e. The second kappa shape index (κ2) is 5.76. The molecule has 1 rings (SSSR count). The molecular weight excluding hydrogens is 238 g/mol. The van der Waals surface area contributed by atoms with Gasteiger partial charge < -0.3 is 15.7 Å². The van der Waals surface area contributed by atoms with E-state index in [1.54, 1.807) is 0 Å². The van der Waals surface area contributed by atoms with Gasteiger partial charge in [-0.15, -0.1) is 0 Å². The Balaban J connectivity index is 2.72. The number of rotatable bonds is 4. The first-order valence-electron chi connectivity index (χ1n) is 5.17. The Labute approximate surface area is 103 Å². The van der Waals surface area contributed by atoms with E-state index >= 15 is 0 Å². The average molecular weight is 251 g/mol. The minimum absolute atomic E-state index is 0.167. The van der Waals surface area contributed by atoms with Gasteiger partial charge in [-0.25, -0.2) is 9.78 Å². The zero-order chi connectivity index (χ0) is 13.7. The fraction of sp³-hybridized carbons (Fsp3) is 0.273. The van der Waals surface area contributed by atoms with Gasteiger partial charge in [0.1, 0.15) is 11.7 Å². The van der Waals surface area contributed by atoms with Crippen LogP contribution < -0.4 is 10.6 Å². The minimum atomic E-state index is -1.18. The smallest absolute Gasteiger partial charge is 0.354 e. The molecule has 0 aliphatic rings. The van der Waals surface area contributed by atoms with Crippen molar-refractivity contribution in [3.63, 3.8) is 0 Å². The number of nitrogens with one attached hydrogen (secondary N) is 2. The molecule has 3 N–H and O–H groups in total. The summed E-state index contributed by atoms with van der Waals surface area (Å²) in [5, 5.41) is 13.6. The Morgan fingerprint density at radius 3 is 2.61 bits per heavy atom. The van der Waals surface area contributed by atoms with Crippen LogP contribution in [0.25, 0.3) is 0 Å². The normalized spacial score (nSPS) is 11.4. The highest BCUT2D eigenvalue weighted by molar-refractivity contribution is 5.97. The SMILES string of the molecule is CC(=O)NC(C)C(=O)Nc1ccnc(C(=O)O)c1. The molecule has 0 spiro atoms. The summed E-state index contributed by atoms with van der Waals surface area (Å²) in [5.41, 5.74) is 0.143. The lowest BCUT2D eigenvalue weighted by Gasteiger charge is -2.12. The summed E-state index contributed by atoms with van der Waals surface area (Å²) in [6.45, 7) is 2.83. The number of hydrogen-bond donors (Lipinski definition) is 3. The molecule has 1 atom stereocenters. The van der Waals surface area contributed by atoms with Crippen molar-refractivity contribution < 1.29 is 19.5 Å². The number of nitrogens with zero attached hydrogens (tertiary/aromatic N) is 1. The van der Waals surface area contributed by atoms with E-state index in [9.17, 15) is 14.4 Å². The first kappa shape index (κ1) is 13.6. The summed E-state index contributed by atoms with van der Waals surface area (Å²) in [4.78, 5) is 36.7. The van der Waals surface area contributed by atoms with E-state index in [4.69, 9.17) is 5.11 Å². The molecule has 1 heterocycles. The highest BCUT2D eigenvalue weighted by atomic mass is 16.4. The standard InChI is InChI=1S/C11H13N3O4/c1-6(13-7(2)15)10(16)14-8-3-4-12-9(5-8)11(17)18/h3-6H,1-2H3,(H,13,15)(H,17,18)(H,12,14,16). The molecule has 1 aromatic heterocycles. The van der Waals surface area contributed by atoms with Gasteiger partial charge in [-0.2, -0.15) is 0 Å². The topological polar surface area (TPSA) is 108 Å². The number of aromatic nitrogens is 1. The fourth-order valence-electron chi connectivity index (χ4n) is 1.25. The van der Waals surface area contributed by atoms with Crippen molar-refractivity contribution in [2.24, 2.45) is 0 Å². The number of carbonyl (C=O) groups is 3. The van der Waals surface area contributed by atoms with E-state index in [2.05, 4.69) is 15.6 Å². The van der Waals surface area contributed by atoms with Crippen molar-refractivity contribution in [3.05, 3.63) is 24.0 Å². The number of anilines is 1. The summed E-state index contributed by atoms with van der Waals surface area (Å²) < 4.78 is 0. The predicted molar refractivity (Wildman–Crippen MR) is 63.1 cm³/mol. The van der Waals surface area contributed by atoms with Gasteiger partial charge in [0, 0.05) is 18.8 Å². The number of pyridine rings is 1. The summed E-state index contributed by atoms with van der Waals surface area (Å²) in [6.07, 6.45) is 1.28. The third-order valence-electron chi connectivity index (χ3n) is 2.06. The zero-order valence-corrected chi connectivity index (χ0v) is 9.93. The lowest BCUT2D eigenvalue weighted by molar-refractivity contribution is -0.124. The van der Waals surface area contributed by atoms with Crippen molar-refractivity contribution in [3.8, 4) is 0 Å². The van der Waals surface area contributed by atoms with E-state index in [-0.39, 0.29) is 11.6 Å². The Kier molecular flexibility index (Phi) is 4.36. The van der Waals surface area contributed by atoms with Crippen LogP contribution in [0, 0.1) is 0 Å². The summed E-state index contributed by atoms with van der Waals surface area (Å²) >= 11 is 0. The maximum atomic E-state index is 11.6. The maximum Gasteiger partial charge on any atom is 0.354 e. The lowest BCUT2D eigenvalue weighted by atomic mass is 10.2. The van der Waals surface area contributed by atoms with E-state index in [0.29, 0.717) is 5.69 Å². The molecule has 0 bridgehead atoms. The summed E-state index contributed by atoms with van der Waals surface area (Å²) in [5.74, 6) is -1.94. The number of carbonyl (C=O) groups excluding carboxylic acids is 2. The van der Waals surface area contributed by atoms with Crippen LogP contribution in [-0.4, -0.2) is 33.9 Å². The molecule has 0 radical (unpaired) electrons. The van der Waals surface area contributed by atoms with Gasteiger partial charge in [0.25, 0.3) is 0 Å². The average Bonchev–Trinajstić information content (AvgIpc) is 2.28.